The Hall–Kier alpha value is -1.31. The smallest absolute Gasteiger partial charge is 0.136 e. The number of carbonyl (C=O) groups excluding carboxylic acids is 1. The summed E-state index contributed by atoms with van der Waals surface area (Å²) in [5.41, 5.74) is 2.97. The number of rotatable bonds is 4. The molecule has 160 valence electrons. The average molecular weight is 389 g/mol. The van der Waals surface area contributed by atoms with E-state index in [1.54, 1.807) is 19.6 Å². The molecule has 0 radical (unpaired) electrons. The predicted molar refractivity (Wildman–Crippen MR) is 121 cm³/mol. The molecule has 0 spiro atoms. The SMILES string of the molecule is CC.CC.CCCC1C2CC=C3C=C(OC)CCC3(C)C2=CCC1(C)C(C)=O. The molecule has 0 aromatic heterocycles. The van der Waals surface area contributed by atoms with E-state index in [2.05, 4.69) is 39.0 Å². The van der Waals surface area contributed by atoms with Crippen LogP contribution < -0.4 is 0 Å². The molecule has 3 aliphatic carbocycles. The molecular weight excluding hydrogens is 344 g/mol. The molecule has 0 saturated heterocycles. The van der Waals surface area contributed by atoms with Gasteiger partial charge in [0.05, 0.1) is 12.9 Å². The van der Waals surface area contributed by atoms with Crippen molar-refractivity contribution in [1.82, 2.24) is 0 Å². The van der Waals surface area contributed by atoms with E-state index >= 15 is 0 Å². The van der Waals surface area contributed by atoms with Gasteiger partial charge in [-0.3, -0.25) is 4.79 Å². The minimum absolute atomic E-state index is 0.134. The van der Waals surface area contributed by atoms with Crippen molar-refractivity contribution in [2.75, 3.05) is 7.11 Å². The van der Waals surface area contributed by atoms with Crippen LogP contribution in [0, 0.1) is 22.7 Å². The fourth-order valence-corrected chi connectivity index (χ4v) is 5.38. The Kier molecular flexibility index (Phi) is 9.24. The van der Waals surface area contributed by atoms with Crippen molar-refractivity contribution >= 4 is 5.78 Å². The predicted octanol–water partition coefficient (Wildman–Crippen LogP) is 7.66. The van der Waals surface area contributed by atoms with Crippen molar-refractivity contribution in [3.05, 3.63) is 35.1 Å². The first-order valence-corrected chi connectivity index (χ1v) is 11.5. The lowest BCUT2D eigenvalue weighted by Gasteiger charge is -2.52. The van der Waals surface area contributed by atoms with Gasteiger partial charge in [-0.1, -0.05) is 72.6 Å². The Morgan fingerprint density at radius 2 is 1.82 bits per heavy atom. The Balaban J connectivity index is 0.000000921. The molecule has 0 N–H and O–H groups in total. The van der Waals surface area contributed by atoms with Crippen molar-refractivity contribution in [3.63, 3.8) is 0 Å². The summed E-state index contributed by atoms with van der Waals surface area (Å²) in [4.78, 5) is 12.5. The number of carbonyl (C=O) groups is 1. The van der Waals surface area contributed by atoms with Crippen molar-refractivity contribution in [2.45, 2.75) is 93.9 Å². The maximum Gasteiger partial charge on any atom is 0.136 e. The Labute approximate surface area is 174 Å². The van der Waals surface area contributed by atoms with Crippen LogP contribution >= 0.6 is 0 Å². The zero-order chi connectivity index (χ0) is 21.5. The van der Waals surface area contributed by atoms with E-state index in [0.29, 0.717) is 17.6 Å². The van der Waals surface area contributed by atoms with E-state index in [-0.39, 0.29) is 10.8 Å². The van der Waals surface area contributed by atoms with Crippen molar-refractivity contribution in [3.8, 4) is 0 Å². The third-order valence-corrected chi connectivity index (χ3v) is 7.17. The van der Waals surface area contributed by atoms with Gasteiger partial charge in [0.2, 0.25) is 0 Å². The summed E-state index contributed by atoms with van der Waals surface area (Å²) in [5.74, 6) is 2.47. The van der Waals surface area contributed by atoms with Gasteiger partial charge < -0.3 is 4.74 Å². The van der Waals surface area contributed by atoms with Gasteiger partial charge in [-0.25, -0.2) is 0 Å². The fourth-order valence-electron chi connectivity index (χ4n) is 5.38. The second-order valence-electron chi connectivity index (χ2n) is 8.38. The molecule has 28 heavy (non-hydrogen) atoms. The zero-order valence-electron chi connectivity index (χ0n) is 19.9. The molecule has 0 aromatic rings. The highest BCUT2D eigenvalue weighted by Gasteiger charge is 2.51. The first kappa shape index (κ1) is 24.7. The van der Waals surface area contributed by atoms with Crippen LogP contribution in [0.3, 0.4) is 0 Å². The van der Waals surface area contributed by atoms with Gasteiger partial charge in [0.15, 0.2) is 0 Å². The van der Waals surface area contributed by atoms with Crippen LogP contribution in [0.25, 0.3) is 0 Å². The number of ether oxygens (including phenoxy) is 1. The molecule has 0 fully saturated rings. The highest BCUT2D eigenvalue weighted by molar-refractivity contribution is 5.83. The summed E-state index contributed by atoms with van der Waals surface area (Å²) in [5, 5.41) is 0. The monoisotopic (exact) mass is 388 g/mol. The lowest BCUT2D eigenvalue weighted by Crippen LogP contribution is -2.46. The Bertz CT molecular complexity index is 624. The molecule has 4 atom stereocenters. The van der Waals surface area contributed by atoms with Crippen molar-refractivity contribution < 1.29 is 9.53 Å². The van der Waals surface area contributed by atoms with Gasteiger partial charge >= 0.3 is 0 Å². The molecule has 4 unspecified atom stereocenters. The Morgan fingerprint density at radius 1 is 1.18 bits per heavy atom. The van der Waals surface area contributed by atoms with Crippen LogP contribution in [0.15, 0.2) is 35.1 Å². The lowest BCUT2D eigenvalue weighted by molar-refractivity contribution is -0.130. The quantitative estimate of drug-likeness (QED) is 0.462. The summed E-state index contributed by atoms with van der Waals surface area (Å²) in [6, 6.07) is 0. The molecule has 3 rings (SSSR count). The average Bonchev–Trinajstić information content (AvgIpc) is 2.72. The molecule has 2 heteroatoms. The largest absolute Gasteiger partial charge is 0.501 e. The topological polar surface area (TPSA) is 26.3 Å². The van der Waals surface area contributed by atoms with Crippen LogP contribution in [-0.4, -0.2) is 12.9 Å². The van der Waals surface area contributed by atoms with Gasteiger partial charge in [0.25, 0.3) is 0 Å². The first-order chi connectivity index (χ1) is 13.4. The summed E-state index contributed by atoms with van der Waals surface area (Å²) < 4.78 is 5.50. The standard InChI is InChI=1S/C22H32O2.2C2H6/c1-6-7-19-18-9-8-16-14-17(24-5)10-12-22(16,4)20(18)11-13-21(19,3)15(2)23;2*1-2/h8,11,14,18-19H,6-7,9-10,12-13H2,1-5H3;2*1-2H3. The molecule has 0 amide bonds. The minimum Gasteiger partial charge on any atom is -0.501 e. The van der Waals surface area contributed by atoms with Crippen molar-refractivity contribution in [2.24, 2.45) is 22.7 Å². The van der Waals surface area contributed by atoms with E-state index in [4.69, 9.17) is 4.74 Å². The van der Waals surface area contributed by atoms with Gasteiger partial charge in [0.1, 0.15) is 5.78 Å². The molecule has 0 heterocycles. The number of ketones is 1. The molecule has 3 aliphatic rings. The molecule has 0 aliphatic heterocycles. The number of allylic oxidation sites excluding steroid dienone is 6. The minimum atomic E-state index is -0.186. The van der Waals surface area contributed by atoms with E-state index in [9.17, 15) is 4.79 Å². The Morgan fingerprint density at radius 3 is 2.36 bits per heavy atom. The van der Waals surface area contributed by atoms with E-state index < -0.39 is 0 Å². The van der Waals surface area contributed by atoms with Crippen LogP contribution in [0.4, 0.5) is 0 Å². The maximum atomic E-state index is 12.5. The van der Waals surface area contributed by atoms with Crippen molar-refractivity contribution in [1.29, 1.82) is 0 Å². The molecular formula is C26H44O2. The van der Waals surface area contributed by atoms with E-state index in [0.717, 1.165) is 44.3 Å². The van der Waals surface area contributed by atoms with E-state index in [1.165, 1.54) is 5.57 Å². The van der Waals surface area contributed by atoms with Gasteiger partial charge in [-0.05, 0) is 56.1 Å². The lowest BCUT2D eigenvalue weighted by atomic mass is 9.51. The highest BCUT2D eigenvalue weighted by Crippen LogP contribution is 2.59. The summed E-state index contributed by atoms with van der Waals surface area (Å²) >= 11 is 0. The molecule has 0 saturated carbocycles. The zero-order valence-corrected chi connectivity index (χ0v) is 19.9. The van der Waals surface area contributed by atoms with Crippen LogP contribution in [0.1, 0.15) is 93.9 Å². The molecule has 2 nitrogen and oxygen atoms in total. The molecule has 0 aromatic carbocycles. The van der Waals surface area contributed by atoms with Gasteiger partial charge in [0, 0.05) is 17.3 Å². The number of methoxy groups -OCH3 is 1. The summed E-state index contributed by atoms with van der Waals surface area (Å²) in [7, 11) is 1.77. The summed E-state index contributed by atoms with van der Waals surface area (Å²) in [6.45, 7) is 16.6. The fraction of sp³-hybridized carbons (Fsp3) is 0.731. The van der Waals surface area contributed by atoms with Gasteiger partial charge in [-0.2, -0.15) is 0 Å². The van der Waals surface area contributed by atoms with Crippen LogP contribution in [-0.2, 0) is 9.53 Å². The second-order valence-corrected chi connectivity index (χ2v) is 8.38. The highest BCUT2D eigenvalue weighted by atomic mass is 16.5. The summed E-state index contributed by atoms with van der Waals surface area (Å²) in [6.07, 6.45) is 13.5. The van der Waals surface area contributed by atoms with Crippen LogP contribution in [0.2, 0.25) is 0 Å². The maximum absolute atomic E-state index is 12.5. The van der Waals surface area contributed by atoms with E-state index in [1.807, 2.05) is 27.7 Å². The number of fused-ring (bicyclic) bond motifs is 3. The number of Topliss-reactive ketones (excluding diaryl/α,β-unsaturated/α-hetero) is 1. The molecule has 0 bridgehead atoms. The van der Waals surface area contributed by atoms with Gasteiger partial charge in [-0.15, -0.1) is 0 Å². The number of hydrogen-bond acceptors (Lipinski definition) is 2. The second kappa shape index (κ2) is 10.5. The third-order valence-electron chi connectivity index (χ3n) is 7.17. The normalized spacial score (nSPS) is 33.2. The third kappa shape index (κ3) is 4.31. The van der Waals surface area contributed by atoms with Crippen LogP contribution in [0.5, 0.6) is 0 Å². The first-order valence-electron chi connectivity index (χ1n) is 11.5. The number of hydrogen-bond donors (Lipinski definition) is 0.